The van der Waals surface area contributed by atoms with Crippen molar-refractivity contribution in [3.63, 3.8) is 0 Å². The maximum Gasteiger partial charge on any atom is 0.252 e. The van der Waals surface area contributed by atoms with Crippen molar-refractivity contribution >= 4 is 55.8 Å². The lowest BCUT2D eigenvalue weighted by Crippen LogP contribution is -2.60. The minimum absolute atomic E-state index is 0.0158. The van der Waals surface area contributed by atoms with Crippen LogP contribution in [-0.2, 0) is 27.1 Å². The molecule has 3 heteroatoms. The normalized spacial score (nSPS) is 14.4. The third-order valence-corrected chi connectivity index (χ3v) is 19.8. The molecular weight excluding hydrogens is 964 g/mol. The second-order valence-corrected chi connectivity index (χ2v) is 26.8. The van der Waals surface area contributed by atoms with Crippen LogP contribution in [-0.4, -0.2) is 15.8 Å². The second-order valence-electron chi connectivity index (χ2n) is 26.8. The van der Waals surface area contributed by atoms with Gasteiger partial charge in [0, 0.05) is 55.0 Å². The fraction of sp³-hybridized carbons (Fsp3) is 0.195. The van der Waals surface area contributed by atoms with Crippen molar-refractivity contribution in [2.24, 2.45) is 0 Å². The van der Waals surface area contributed by atoms with Gasteiger partial charge in [-0.2, -0.15) is 0 Å². The summed E-state index contributed by atoms with van der Waals surface area (Å²) in [5.74, 6) is 0. The van der Waals surface area contributed by atoms with Gasteiger partial charge in [0.15, 0.2) is 0 Å². The topological polar surface area (TPSA) is 9.86 Å². The first-order valence-electron chi connectivity index (χ1n) is 29.0. The van der Waals surface area contributed by atoms with E-state index in [-0.39, 0.29) is 28.4 Å². The van der Waals surface area contributed by atoms with Gasteiger partial charge in [0.2, 0.25) is 0 Å². The quantitative estimate of drug-likeness (QED) is 0.147. The largest absolute Gasteiger partial charge is 0.310 e. The molecule has 2 aromatic heterocycles. The Labute approximate surface area is 471 Å². The molecule has 12 aromatic rings. The summed E-state index contributed by atoms with van der Waals surface area (Å²) < 4.78 is 5.49. The Morgan fingerprint density at radius 2 is 0.863 bits per heavy atom. The minimum atomic E-state index is -0.619. The Bertz CT molecular complexity index is 4580. The van der Waals surface area contributed by atoms with Crippen LogP contribution in [0.4, 0.5) is 0 Å². The molecule has 16 rings (SSSR count). The summed E-state index contributed by atoms with van der Waals surface area (Å²) in [6.45, 7) is 23.6. The van der Waals surface area contributed by atoms with Crippen molar-refractivity contribution in [2.45, 2.75) is 96.3 Å². The fourth-order valence-electron chi connectivity index (χ4n) is 15.5. The van der Waals surface area contributed by atoms with Crippen LogP contribution in [0, 0.1) is 0 Å². The molecule has 0 radical (unpaired) electrons. The Morgan fingerprint density at radius 3 is 1.44 bits per heavy atom. The molecule has 80 heavy (non-hydrogen) atoms. The number of fused-ring (bicyclic) bond motifs is 11. The van der Waals surface area contributed by atoms with Gasteiger partial charge < -0.3 is 9.13 Å². The predicted molar refractivity (Wildman–Crippen MR) is 339 cm³/mol. The molecule has 1 spiro atoms. The molecule has 4 aliphatic rings. The third-order valence-electron chi connectivity index (χ3n) is 19.8. The Balaban J connectivity index is 1.11. The summed E-state index contributed by atoms with van der Waals surface area (Å²) in [6, 6.07) is 83.0. The summed E-state index contributed by atoms with van der Waals surface area (Å²) in [5.41, 5.74) is 30.5. The Hall–Kier alpha value is -8.40. The van der Waals surface area contributed by atoms with Crippen LogP contribution in [0.25, 0.3) is 77.6 Å². The maximum absolute atomic E-state index is 2.78. The molecule has 0 saturated carbocycles. The summed E-state index contributed by atoms with van der Waals surface area (Å²) in [7, 11) is 0. The SMILES string of the molecule is CC(C)(C)c1ccc(-c2c(-c3ccc(C(C)(C)C)cc3)n3c4c(cccc24)B2c4c-3ccc3c4-n4c5c2cc(C(C)(C)c2ccccc2)cc5c2cc(C(C)(C)c5ccccc5)cc(c24)C32c3ccccc3-c3ccccc32)cc1. The third kappa shape index (κ3) is 6.05. The number of para-hydroxylation sites is 1. The summed E-state index contributed by atoms with van der Waals surface area (Å²) in [5, 5.41) is 3.94. The minimum Gasteiger partial charge on any atom is -0.310 e. The van der Waals surface area contributed by atoms with E-state index in [1.807, 2.05) is 0 Å². The molecule has 2 nitrogen and oxygen atoms in total. The second kappa shape index (κ2) is 15.9. The monoisotopic (exact) mass is 1030 g/mol. The van der Waals surface area contributed by atoms with Crippen LogP contribution < -0.4 is 16.4 Å². The maximum atomic E-state index is 2.78. The van der Waals surface area contributed by atoms with Crippen LogP contribution in [0.15, 0.2) is 212 Å². The van der Waals surface area contributed by atoms with Crippen LogP contribution in [0.2, 0.25) is 0 Å². The zero-order valence-corrected chi connectivity index (χ0v) is 47.7. The van der Waals surface area contributed by atoms with Crippen LogP contribution >= 0.6 is 0 Å². The molecule has 0 amide bonds. The Morgan fingerprint density at radius 1 is 0.350 bits per heavy atom. The number of rotatable bonds is 6. The van der Waals surface area contributed by atoms with E-state index in [9.17, 15) is 0 Å². The lowest BCUT2D eigenvalue weighted by molar-refractivity contribution is 0.590. The van der Waals surface area contributed by atoms with Crippen LogP contribution in [0.5, 0.6) is 0 Å². The highest BCUT2D eigenvalue weighted by atomic mass is 15.1. The van der Waals surface area contributed by atoms with Crippen molar-refractivity contribution in [3.05, 3.63) is 268 Å². The zero-order chi connectivity index (χ0) is 54.6. The molecule has 0 atom stereocenters. The van der Waals surface area contributed by atoms with E-state index in [4.69, 9.17) is 0 Å². The lowest BCUT2D eigenvalue weighted by atomic mass is 9.33. The number of benzene rings is 10. The summed E-state index contributed by atoms with van der Waals surface area (Å²) in [4.78, 5) is 0. The van der Waals surface area contributed by atoms with Crippen molar-refractivity contribution in [3.8, 4) is 44.9 Å². The van der Waals surface area contributed by atoms with E-state index in [1.54, 1.807) is 0 Å². The van der Waals surface area contributed by atoms with E-state index in [2.05, 4.69) is 291 Å². The molecule has 10 aromatic carbocycles. The number of hydrogen-bond acceptors (Lipinski definition) is 0. The average molecular weight is 1030 g/mol. The predicted octanol–water partition coefficient (Wildman–Crippen LogP) is 17.1. The highest BCUT2D eigenvalue weighted by molar-refractivity contribution is 7.00. The first kappa shape index (κ1) is 47.6. The number of aromatic nitrogens is 2. The molecule has 5 heterocycles. The van der Waals surface area contributed by atoms with Gasteiger partial charge in [-0.25, -0.2) is 0 Å². The van der Waals surface area contributed by atoms with Crippen LogP contribution in [0.3, 0.4) is 0 Å². The van der Waals surface area contributed by atoms with Gasteiger partial charge in [0.1, 0.15) is 0 Å². The Kier molecular flexibility index (Phi) is 9.47. The molecule has 386 valence electrons. The van der Waals surface area contributed by atoms with Crippen molar-refractivity contribution < 1.29 is 0 Å². The molecule has 0 saturated heterocycles. The van der Waals surface area contributed by atoms with Crippen LogP contribution in [0.1, 0.15) is 125 Å². The van der Waals surface area contributed by atoms with Crippen molar-refractivity contribution in [2.75, 3.05) is 0 Å². The summed E-state index contributed by atoms with van der Waals surface area (Å²) in [6.07, 6.45) is 0. The zero-order valence-electron chi connectivity index (χ0n) is 47.7. The van der Waals surface area contributed by atoms with E-state index in [1.165, 1.54) is 150 Å². The standard InChI is InChI=1S/C77H65BN2/c1-73(2,3)48-36-32-46(33-37-48)66-56-28-21-31-63-70(56)79(68(66)47-34-38-49(39-35-47)74(4,5)6)65-41-40-61-72-67(65)78(63)64-45-53(76(9,10)51-24-15-12-16-25-51)43-58-57-42-52(75(7,8)50-22-13-11-14-23-50)44-62(69(57)80(72)71(58)64)77(61)59-29-19-17-26-54(59)55-27-18-20-30-60(55)77/h11-45H,1-10H3. The first-order chi connectivity index (χ1) is 38.5. The number of nitrogens with zero attached hydrogens (tertiary/aromatic N) is 2. The first-order valence-corrected chi connectivity index (χ1v) is 29.0. The lowest BCUT2D eigenvalue weighted by Gasteiger charge is -2.44. The van der Waals surface area contributed by atoms with E-state index in [0.717, 1.165) is 0 Å². The van der Waals surface area contributed by atoms with Gasteiger partial charge in [-0.15, -0.1) is 0 Å². The molecule has 3 aliphatic heterocycles. The average Bonchev–Trinajstić information content (AvgIpc) is 2.80. The molecule has 0 unspecified atom stereocenters. The fourth-order valence-corrected chi connectivity index (χ4v) is 15.5. The van der Waals surface area contributed by atoms with Gasteiger partial charge in [-0.05, 0) is 123 Å². The molecular formula is C77H65BN2. The molecule has 1 aliphatic carbocycles. The van der Waals surface area contributed by atoms with Gasteiger partial charge in [0.05, 0.1) is 16.6 Å². The van der Waals surface area contributed by atoms with E-state index >= 15 is 0 Å². The van der Waals surface area contributed by atoms with Crippen molar-refractivity contribution in [1.29, 1.82) is 0 Å². The van der Waals surface area contributed by atoms with Gasteiger partial charge in [-0.1, -0.05) is 263 Å². The number of hydrogen-bond donors (Lipinski definition) is 0. The van der Waals surface area contributed by atoms with Gasteiger partial charge in [-0.3, -0.25) is 0 Å². The highest BCUT2D eigenvalue weighted by Crippen LogP contribution is 2.62. The van der Waals surface area contributed by atoms with E-state index < -0.39 is 5.41 Å². The van der Waals surface area contributed by atoms with E-state index in [0.29, 0.717) is 0 Å². The molecule has 0 fully saturated rings. The molecule has 0 N–H and O–H groups in total. The highest BCUT2D eigenvalue weighted by Gasteiger charge is 2.55. The molecule has 0 bridgehead atoms. The summed E-state index contributed by atoms with van der Waals surface area (Å²) >= 11 is 0. The van der Waals surface area contributed by atoms with Crippen molar-refractivity contribution in [1.82, 2.24) is 9.13 Å². The van der Waals surface area contributed by atoms with Gasteiger partial charge in [0.25, 0.3) is 6.71 Å². The van der Waals surface area contributed by atoms with Gasteiger partial charge >= 0.3 is 0 Å². The smallest absolute Gasteiger partial charge is 0.252 e.